The SMILES string of the molecule is CCCCOc1c(C(=O)NCCN(CCNC(=O)OC(C)(C)C)CCNC(=O)c2ccc(C(=O)N3CCSC3=S)c(OCCCC)c2OCCCC)ccc(C(=O)N2CCSC2=S)c1OCCCC. The molecule has 2 aliphatic rings. The van der Waals surface area contributed by atoms with E-state index in [0.29, 0.717) is 79.3 Å². The zero-order valence-corrected chi connectivity index (χ0v) is 44.7. The van der Waals surface area contributed by atoms with Crippen LogP contribution in [-0.2, 0) is 4.74 Å². The second kappa shape index (κ2) is 29.7. The van der Waals surface area contributed by atoms with E-state index in [-0.39, 0.29) is 76.7 Å². The molecule has 0 unspecified atom stereocenters. The molecule has 69 heavy (non-hydrogen) atoms. The van der Waals surface area contributed by atoms with Crippen molar-refractivity contribution in [1.29, 1.82) is 0 Å². The molecule has 0 atom stereocenters. The molecule has 0 bridgehead atoms. The maximum absolute atomic E-state index is 14.1. The molecule has 0 aromatic heterocycles. The zero-order valence-electron chi connectivity index (χ0n) is 41.4. The minimum atomic E-state index is -0.685. The normalized spacial score (nSPS) is 13.7. The van der Waals surface area contributed by atoms with Gasteiger partial charge < -0.3 is 39.6 Å². The van der Waals surface area contributed by atoms with Crippen molar-refractivity contribution in [3.8, 4) is 23.0 Å². The van der Waals surface area contributed by atoms with Crippen molar-refractivity contribution in [3.05, 3.63) is 46.5 Å². The Bertz CT molecular complexity index is 1960. The van der Waals surface area contributed by atoms with Gasteiger partial charge in [-0.05, 0) is 70.7 Å². The number of hydrogen-bond donors (Lipinski definition) is 3. The lowest BCUT2D eigenvalue weighted by atomic mass is 10.1. The second-order valence-electron chi connectivity index (χ2n) is 17.4. The minimum Gasteiger partial charge on any atom is -0.489 e. The number of carbonyl (C=O) groups is 5. The van der Waals surface area contributed by atoms with Gasteiger partial charge >= 0.3 is 6.09 Å². The number of nitrogens with one attached hydrogen (secondary N) is 3. The Morgan fingerprint density at radius 3 is 1.22 bits per heavy atom. The number of amides is 5. The van der Waals surface area contributed by atoms with Crippen LogP contribution in [0.2, 0.25) is 0 Å². The lowest BCUT2D eigenvalue weighted by Crippen LogP contribution is -2.43. The zero-order chi connectivity index (χ0) is 50.3. The molecule has 382 valence electrons. The summed E-state index contributed by atoms with van der Waals surface area (Å²) in [7, 11) is 0. The van der Waals surface area contributed by atoms with E-state index in [1.54, 1.807) is 54.8 Å². The fourth-order valence-corrected chi connectivity index (χ4v) is 9.33. The summed E-state index contributed by atoms with van der Waals surface area (Å²) >= 11 is 13.8. The molecule has 3 N–H and O–H groups in total. The van der Waals surface area contributed by atoms with Crippen molar-refractivity contribution >= 4 is 86.3 Å². The van der Waals surface area contributed by atoms with E-state index in [0.717, 1.165) is 51.4 Å². The average molecular weight is 1030 g/mol. The average Bonchev–Trinajstić information content (AvgIpc) is 3.95. The summed E-state index contributed by atoms with van der Waals surface area (Å²) in [4.78, 5) is 73.5. The highest BCUT2D eigenvalue weighted by atomic mass is 32.2. The predicted octanol–water partition coefficient (Wildman–Crippen LogP) is 8.34. The number of hydrogen-bond acceptors (Lipinski definition) is 15. The Morgan fingerprint density at radius 1 is 0.565 bits per heavy atom. The van der Waals surface area contributed by atoms with Crippen LogP contribution in [0.3, 0.4) is 0 Å². The first-order valence-corrected chi connectivity index (χ1v) is 27.0. The predicted molar refractivity (Wildman–Crippen MR) is 282 cm³/mol. The Hall–Kier alpha value is -4.37. The molecule has 4 rings (SSSR count). The van der Waals surface area contributed by atoms with E-state index >= 15 is 0 Å². The molecule has 2 fully saturated rings. The highest BCUT2D eigenvalue weighted by Gasteiger charge is 2.33. The van der Waals surface area contributed by atoms with Crippen LogP contribution >= 0.6 is 48.0 Å². The van der Waals surface area contributed by atoms with E-state index < -0.39 is 23.5 Å². The van der Waals surface area contributed by atoms with Gasteiger partial charge in [0.05, 0.1) is 48.7 Å². The van der Waals surface area contributed by atoms with Crippen LogP contribution in [-0.4, -0.2) is 149 Å². The molecule has 16 nitrogen and oxygen atoms in total. The Kier molecular flexibility index (Phi) is 24.6. The van der Waals surface area contributed by atoms with Crippen molar-refractivity contribution in [1.82, 2.24) is 30.7 Å². The van der Waals surface area contributed by atoms with E-state index in [1.807, 2.05) is 32.6 Å². The molecular formula is C49H72N6O10S4. The smallest absolute Gasteiger partial charge is 0.407 e. The number of thioether (sulfide) groups is 2. The Labute approximate surface area is 427 Å². The maximum atomic E-state index is 14.1. The number of alkyl carbamates (subject to hydrolysis) is 1. The van der Waals surface area contributed by atoms with Crippen LogP contribution in [0.4, 0.5) is 4.79 Å². The van der Waals surface area contributed by atoms with Crippen molar-refractivity contribution in [2.45, 2.75) is 105 Å². The molecule has 2 heterocycles. The van der Waals surface area contributed by atoms with Gasteiger partial charge in [0.25, 0.3) is 23.6 Å². The van der Waals surface area contributed by atoms with Crippen LogP contribution in [0, 0.1) is 0 Å². The highest BCUT2D eigenvalue weighted by Crippen LogP contribution is 2.39. The largest absolute Gasteiger partial charge is 0.489 e. The van der Waals surface area contributed by atoms with Crippen molar-refractivity contribution in [2.75, 3.05) is 90.3 Å². The molecular weight excluding hydrogens is 961 g/mol. The number of ether oxygens (including phenoxy) is 5. The Morgan fingerprint density at radius 2 is 0.899 bits per heavy atom. The summed E-state index contributed by atoms with van der Waals surface area (Å²) in [5, 5.41) is 8.82. The number of nitrogens with zero attached hydrogens (tertiary/aromatic N) is 3. The molecule has 2 aliphatic heterocycles. The topological polar surface area (TPSA) is 177 Å². The first kappa shape index (κ1) is 57.2. The first-order chi connectivity index (χ1) is 33.1. The third kappa shape index (κ3) is 17.8. The standard InChI is InChI=1S/C49H72N6O10S4/c1-8-12-28-61-38-34(16-18-36(40(38)63-30-14-10-3)44(58)54-26-32-68-47(54)66)42(56)50-20-23-53(25-22-52-46(60)65-49(5,6)7)24-21-51-43(57)35-17-19-37(45(59)55-27-33-69-48(55)67)41(64-31-15-11-4)39(35)62-29-13-9-2/h16-19H,8-15,20-33H2,1-7H3,(H,50,56)(H,51,57)(H,52,60). The molecule has 0 spiro atoms. The molecule has 0 aliphatic carbocycles. The van der Waals surface area contributed by atoms with E-state index in [2.05, 4.69) is 16.0 Å². The third-order valence-electron chi connectivity index (χ3n) is 10.7. The van der Waals surface area contributed by atoms with Gasteiger partial charge in [0.1, 0.15) is 14.2 Å². The minimum absolute atomic E-state index is 0.182. The number of rotatable bonds is 29. The van der Waals surface area contributed by atoms with Gasteiger partial charge in [-0.25, -0.2) is 4.79 Å². The number of unbranched alkanes of at least 4 members (excludes halogenated alkanes) is 4. The molecule has 2 aromatic carbocycles. The summed E-state index contributed by atoms with van der Waals surface area (Å²) in [6.07, 6.45) is 5.79. The van der Waals surface area contributed by atoms with E-state index in [1.165, 1.54) is 23.5 Å². The quantitative estimate of drug-likeness (QED) is 0.0523. The lowest BCUT2D eigenvalue weighted by Gasteiger charge is -2.25. The number of benzene rings is 2. The van der Waals surface area contributed by atoms with Crippen LogP contribution in [0.5, 0.6) is 23.0 Å². The van der Waals surface area contributed by atoms with Crippen LogP contribution in [0.25, 0.3) is 0 Å². The van der Waals surface area contributed by atoms with Crippen molar-refractivity contribution < 1.29 is 47.7 Å². The van der Waals surface area contributed by atoms with Crippen molar-refractivity contribution in [3.63, 3.8) is 0 Å². The van der Waals surface area contributed by atoms with E-state index in [4.69, 9.17) is 48.1 Å². The van der Waals surface area contributed by atoms with Crippen LogP contribution in [0.1, 0.15) is 141 Å². The number of carbonyl (C=O) groups excluding carboxylic acids is 5. The number of thiocarbonyl (C=S) groups is 2. The second-order valence-corrected chi connectivity index (χ2v) is 20.8. The fraction of sp³-hybridized carbons (Fsp3) is 0.612. The first-order valence-electron chi connectivity index (χ1n) is 24.2. The molecule has 0 saturated carbocycles. The monoisotopic (exact) mass is 1030 g/mol. The summed E-state index contributed by atoms with van der Waals surface area (Å²) in [5.41, 5.74) is 0.320. The lowest BCUT2D eigenvalue weighted by molar-refractivity contribution is 0.0521. The third-order valence-corrected chi connectivity index (χ3v) is 13.5. The summed E-state index contributed by atoms with van der Waals surface area (Å²) in [5.74, 6) is 0.795. The van der Waals surface area contributed by atoms with Crippen LogP contribution in [0.15, 0.2) is 24.3 Å². The van der Waals surface area contributed by atoms with E-state index in [9.17, 15) is 24.0 Å². The molecule has 5 amide bonds. The maximum Gasteiger partial charge on any atom is 0.407 e. The van der Waals surface area contributed by atoms with Gasteiger partial charge in [-0.1, -0.05) is 101 Å². The highest BCUT2D eigenvalue weighted by molar-refractivity contribution is 8.23. The summed E-state index contributed by atoms with van der Waals surface area (Å²) in [6.45, 7) is 17.3. The van der Waals surface area contributed by atoms with Crippen molar-refractivity contribution in [2.24, 2.45) is 0 Å². The molecule has 2 saturated heterocycles. The van der Waals surface area contributed by atoms with Gasteiger partial charge in [-0.3, -0.25) is 33.9 Å². The van der Waals surface area contributed by atoms with Gasteiger partial charge in [0.2, 0.25) is 0 Å². The van der Waals surface area contributed by atoms with Gasteiger partial charge in [0.15, 0.2) is 23.0 Å². The fourth-order valence-electron chi connectivity index (χ4n) is 6.93. The Balaban J connectivity index is 1.56. The molecule has 0 radical (unpaired) electrons. The summed E-state index contributed by atoms with van der Waals surface area (Å²) in [6, 6.07) is 6.37. The van der Waals surface area contributed by atoms with Crippen LogP contribution < -0.4 is 34.9 Å². The molecule has 20 heteroatoms. The van der Waals surface area contributed by atoms with Gasteiger partial charge in [-0.15, -0.1) is 0 Å². The molecule has 2 aromatic rings. The van der Waals surface area contributed by atoms with Gasteiger partial charge in [0, 0.05) is 63.9 Å². The van der Waals surface area contributed by atoms with Gasteiger partial charge in [-0.2, -0.15) is 0 Å². The summed E-state index contributed by atoms with van der Waals surface area (Å²) < 4.78 is 31.5.